The molecule has 0 aliphatic carbocycles. The van der Waals surface area contributed by atoms with Gasteiger partial charge in [0.15, 0.2) is 0 Å². The smallest absolute Gasteiger partial charge is 0.131 e. The third-order valence-corrected chi connectivity index (χ3v) is 3.15. The first-order valence-electron chi connectivity index (χ1n) is 6.13. The number of hydrogen-bond donors (Lipinski definition) is 1. The van der Waals surface area contributed by atoms with Gasteiger partial charge in [0.1, 0.15) is 5.15 Å². The van der Waals surface area contributed by atoms with Gasteiger partial charge in [-0.05, 0) is 21.0 Å². The monoisotopic (exact) mass is 274 g/mol. The molecule has 104 valence electrons. The highest BCUT2D eigenvalue weighted by molar-refractivity contribution is 6.30. The van der Waals surface area contributed by atoms with Gasteiger partial charge in [0.25, 0.3) is 0 Å². The van der Waals surface area contributed by atoms with Crippen LogP contribution in [0.1, 0.15) is 11.3 Å². The molecule has 0 spiro atoms. The molecule has 1 aromatic rings. The Morgan fingerprint density at radius 2 is 2.11 bits per heavy atom. The molecule has 0 radical (unpaired) electrons. The molecule has 0 bridgehead atoms. The number of rotatable bonds is 8. The fraction of sp³-hybridized carbons (Fsp3) is 0.750. The van der Waals surface area contributed by atoms with Crippen molar-refractivity contribution in [1.82, 2.24) is 20.0 Å². The second-order valence-corrected chi connectivity index (χ2v) is 4.93. The average molecular weight is 275 g/mol. The second-order valence-electron chi connectivity index (χ2n) is 4.57. The van der Waals surface area contributed by atoms with Crippen molar-refractivity contribution in [2.45, 2.75) is 13.5 Å². The van der Waals surface area contributed by atoms with Crippen LogP contribution in [0.15, 0.2) is 0 Å². The van der Waals surface area contributed by atoms with E-state index in [9.17, 15) is 0 Å². The lowest BCUT2D eigenvalue weighted by atomic mass is 10.2. The zero-order valence-corrected chi connectivity index (χ0v) is 12.4. The Kier molecular flexibility index (Phi) is 6.63. The minimum atomic E-state index is 0.702. The van der Waals surface area contributed by atoms with Gasteiger partial charge >= 0.3 is 0 Å². The zero-order chi connectivity index (χ0) is 13.5. The first kappa shape index (κ1) is 15.4. The number of likely N-dealkylation sites (N-methyl/N-ethyl adjacent to an activating group) is 1. The van der Waals surface area contributed by atoms with Gasteiger partial charge in [-0.15, -0.1) is 0 Å². The third-order valence-electron chi connectivity index (χ3n) is 2.68. The summed E-state index contributed by atoms with van der Waals surface area (Å²) in [6.07, 6.45) is 0. The van der Waals surface area contributed by atoms with E-state index in [1.54, 1.807) is 4.68 Å². The van der Waals surface area contributed by atoms with Gasteiger partial charge in [-0.25, -0.2) is 0 Å². The molecule has 0 saturated heterocycles. The quantitative estimate of drug-likeness (QED) is 0.720. The van der Waals surface area contributed by atoms with E-state index in [-0.39, 0.29) is 0 Å². The summed E-state index contributed by atoms with van der Waals surface area (Å²) in [6, 6.07) is 0. The van der Waals surface area contributed by atoms with E-state index < -0.39 is 0 Å². The standard InChI is InChI=1S/C12H23ClN4O/c1-10-11(12(13)17(4)15-10)9-14-5-7-18-8-6-16(2)3/h14H,5-9H2,1-4H3. The van der Waals surface area contributed by atoms with Crippen LogP contribution in [-0.2, 0) is 18.3 Å². The van der Waals surface area contributed by atoms with Crippen LogP contribution < -0.4 is 5.32 Å². The van der Waals surface area contributed by atoms with Crippen molar-refractivity contribution in [1.29, 1.82) is 0 Å². The lowest BCUT2D eigenvalue weighted by molar-refractivity contribution is 0.119. The first-order chi connectivity index (χ1) is 8.52. The van der Waals surface area contributed by atoms with E-state index in [2.05, 4.69) is 15.3 Å². The molecule has 1 rings (SSSR count). The van der Waals surface area contributed by atoms with Crippen LogP contribution in [0.5, 0.6) is 0 Å². The average Bonchev–Trinajstić information content (AvgIpc) is 2.53. The molecule has 0 aliphatic heterocycles. The van der Waals surface area contributed by atoms with Gasteiger partial charge in [0.2, 0.25) is 0 Å². The van der Waals surface area contributed by atoms with Gasteiger partial charge in [-0.1, -0.05) is 11.6 Å². The molecule has 0 saturated carbocycles. The molecule has 0 unspecified atom stereocenters. The molecule has 0 fully saturated rings. The normalized spacial score (nSPS) is 11.4. The third kappa shape index (κ3) is 4.94. The van der Waals surface area contributed by atoms with Gasteiger partial charge in [-0.3, -0.25) is 4.68 Å². The lowest BCUT2D eigenvalue weighted by Gasteiger charge is -2.10. The fourth-order valence-corrected chi connectivity index (χ4v) is 1.82. The van der Waals surface area contributed by atoms with Crippen LogP contribution in [0.4, 0.5) is 0 Å². The summed E-state index contributed by atoms with van der Waals surface area (Å²) in [5, 5.41) is 8.28. The highest BCUT2D eigenvalue weighted by Gasteiger charge is 2.09. The summed E-state index contributed by atoms with van der Waals surface area (Å²) >= 11 is 6.14. The Morgan fingerprint density at radius 3 is 2.67 bits per heavy atom. The van der Waals surface area contributed by atoms with Crippen molar-refractivity contribution in [2.75, 3.05) is 40.4 Å². The maximum Gasteiger partial charge on any atom is 0.131 e. The summed E-state index contributed by atoms with van der Waals surface area (Å²) in [5.41, 5.74) is 2.04. The molecular formula is C12H23ClN4O. The molecule has 18 heavy (non-hydrogen) atoms. The van der Waals surface area contributed by atoms with Crippen LogP contribution >= 0.6 is 11.6 Å². The molecule has 0 aliphatic rings. The van der Waals surface area contributed by atoms with Crippen LogP contribution in [0.2, 0.25) is 5.15 Å². The predicted molar refractivity (Wildman–Crippen MR) is 74.0 cm³/mol. The van der Waals surface area contributed by atoms with Crippen molar-refractivity contribution in [3.05, 3.63) is 16.4 Å². The molecule has 5 nitrogen and oxygen atoms in total. The summed E-state index contributed by atoms with van der Waals surface area (Å²) in [7, 11) is 5.92. The van der Waals surface area contributed by atoms with Crippen molar-refractivity contribution in [3.8, 4) is 0 Å². The summed E-state index contributed by atoms with van der Waals surface area (Å²) in [4.78, 5) is 2.10. The molecular weight excluding hydrogens is 252 g/mol. The van der Waals surface area contributed by atoms with Crippen molar-refractivity contribution >= 4 is 11.6 Å². The topological polar surface area (TPSA) is 42.3 Å². The Labute approximate surface area is 114 Å². The van der Waals surface area contributed by atoms with Gasteiger partial charge in [-0.2, -0.15) is 5.10 Å². The van der Waals surface area contributed by atoms with E-state index in [1.165, 1.54) is 0 Å². The van der Waals surface area contributed by atoms with Crippen LogP contribution in [0, 0.1) is 6.92 Å². The second kappa shape index (κ2) is 7.74. The molecule has 6 heteroatoms. The minimum absolute atomic E-state index is 0.702. The predicted octanol–water partition coefficient (Wildman–Crippen LogP) is 1.05. The summed E-state index contributed by atoms with van der Waals surface area (Å²) in [5.74, 6) is 0. The van der Waals surface area contributed by atoms with E-state index in [1.807, 2.05) is 28.1 Å². The lowest BCUT2D eigenvalue weighted by Crippen LogP contribution is -2.23. The van der Waals surface area contributed by atoms with Crippen molar-refractivity contribution < 1.29 is 4.74 Å². The molecule has 1 aromatic heterocycles. The molecule has 0 amide bonds. The zero-order valence-electron chi connectivity index (χ0n) is 11.7. The largest absolute Gasteiger partial charge is 0.379 e. The summed E-state index contributed by atoms with van der Waals surface area (Å²) in [6.45, 7) is 5.95. The van der Waals surface area contributed by atoms with E-state index in [0.717, 1.165) is 37.5 Å². The van der Waals surface area contributed by atoms with Crippen molar-refractivity contribution in [3.63, 3.8) is 0 Å². The number of nitrogens with zero attached hydrogens (tertiary/aromatic N) is 3. The Bertz CT molecular complexity index is 365. The first-order valence-corrected chi connectivity index (χ1v) is 6.51. The number of aryl methyl sites for hydroxylation is 2. The van der Waals surface area contributed by atoms with E-state index in [4.69, 9.17) is 16.3 Å². The maximum atomic E-state index is 6.14. The number of halogens is 1. The SMILES string of the molecule is Cc1nn(C)c(Cl)c1CNCCOCCN(C)C. The Balaban J connectivity index is 2.14. The number of aromatic nitrogens is 2. The van der Waals surface area contributed by atoms with Crippen LogP contribution in [-0.4, -0.2) is 55.1 Å². The Morgan fingerprint density at radius 1 is 1.39 bits per heavy atom. The highest BCUT2D eigenvalue weighted by Crippen LogP contribution is 2.17. The van der Waals surface area contributed by atoms with Crippen LogP contribution in [0.25, 0.3) is 0 Å². The molecule has 0 atom stereocenters. The van der Waals surface area contributed by atoms with Gasteiger partial charge in [0.05, 0.1) is 18.9 Å². The van der Waals surface area contributed by atoms with E-state index in [0.29, 0.717) is 11.8 Å². The van der Waals surface area contributed by atoms with E-state index >= 15 is 0 Å². The van der Waals surface area contributed by atoms with Gasteiger partial charge < -0.3 is 15.0 Å². The highest BCUT2D eigenvalue weighted by atomic mass is 35.5. The number of ether oxygens (including phenoxy) is 1. The van der Waals surface area contributed by atoms with Crippen molar-refractivity contribution in [2.24, 2.45) is 7.05 Å². The molecule has 1 N–H and O–H groups in total. The van der Waals surface area contributed by atoms with Gasteiger partial charge in [0, 0.05) is 32.2 Å². The van der Waals surface area contributed by atoms with Crippen LogP contribution in [0.3, 0.4) is 0 Å². The Hall–Kier alpha value is -0.620. The maximum absolute atomic E-state index is 6.14. The summed E-state index contributed by atoms with van der Waals surface area (Å²) < 4.78 is 7.19. The minimum Gasteiger partial charge on any atom is -0.379 e. The fourth-order valence-electron chi connectivity index (χ4n) is 1.58. The number of hydrogen-bond acceptors (Lipinski definition) is 4. The molecule has 0 aromatic carbocycles. The number of nitrogens with one attached hydrogen (secondary N) is 1. The molecule has 1 heterocycles.